The van der Waals surface area contributed by atoms with Gasteiger partial charge in [0.1, 0.15) is 6.67 Å². The topological polar surface area (TPSA) is 15.6 Å². The number of hydrogen-bond acceptors (Lipinski definition) is 2. The third kappa shape index (κ3) is 7.78. The van der Waals surface area contributed by atoms with Gasteiger partial charge in [-0.05, 0) is 32.8 Å². The van der Waals surface area contributed by atoms with Gasteiger partial charge in [0.05, 0.1) is 0 Å². The van der Waals surface area contributed by atoms with E-state index < -0.39 is 0 Å². The lowest BCUT2D eigenvalue weighted by Crippen LogP contribution is -2.31. The van der Waals surface area contributed by atoms with Gasteiger partial charge in [0.15, 0.2) is 0 Å². The van der Waals surface area contributed by atoms with Crippen molar-refractivity contribution >= 4 is 6.21 Å². The lowest BCUT2D eigenvalue weighted by molar-refractivity contribution is 0.264. The van der Waals surface area contributed by atoms with Crippen molar-refractivity contribution in [1.29, 1.82) is 0 Å². The van der Waals surface area contributed by atoms with Crippen molar-refractivity contribution in [2.75, 3.05) is 6.67 Å². The summed E-state index contributed by atoms with van der Waals surface area (Å²) in [4.78, 5) is 6.68. The molecule has 1 atom stereocenters. The van der Waals surface area contributed by atoms with Gasteiger partial charge in [-0.1, -0.05) is 39.3 Å². The van der Waals surface area contributed by atoms with Crippen LogP contribution in [-0.4, -0.2) is 23.8 Å². The SMILES string of the molecule is C=C(C)N(C/N=C\C=C\CCC)C(C)CCC. The molecule has 98 valence electrons. The van der Waals surface area contributed by atoms with E-state index in [0.717, 1.165) is 12.1 Å². The van der Waals surface area contributed by atoms with Gasteiger partial charge in [0.2, 0.25) is 0 Å². The van der Waals surface area contributed by atoms with Crippen LogP contribution in [0.15, 0.2) is 29.4 Å². The summed E-state index contributed by atoms with van der Waals surface area (Å²) in [5.41, 5.74) is 1.10. The van der Waals surface area contributed by atoms with Gasteiger partial charge in [-0.2, -0.15) is 0 Å². The summed E-state index contributed by atoms with van der Waals surface area (Å²) in [7, 11) is 0. The highest BCUT2D eigenvalue weighted by atomic mass is 15.2. The normalized spacial score (nSPS) is 13.4. The quantitative estimate of drug-likeness (QED) is 0.542. The molecule has 0 aromatic carbocycles. The van der Waals surface area contributed by atoms with Gasteiger partial charge in [-0.15, -0.1) is 0 Å². The minimum Gasteiger partial charge on any atom is -0.354 e. The molecule has 2 nitrogen and oxygen atoms in total. The summed E-state index contributed by atoms with van der Waals surface area (Å²) in [6.07, 6.45) is 10.8. The Morgan fingerprint density at radius 1 is 1.35 bits per heavy atom. The maximum atomic E-state index is 4.42. The molecule has 0 rings (SSSR count). The molecule has 0 saturated heterocycles. The molecule has 1 unspecified atom stereocenters. The molecule has 0 bridgehead atoms. The van der Waals surface area contributed by atoms with E-state index in [2.05, 4.69) is 50.2 Å². The fourth-order valence-electron chi connectivity index (χ4n) is 1.73. The Bertz CT molecular complexity index is 254. The van der Waals surface area contributed by atoms with Gasteiger partial charge in [0.25, 0.3) is 0 Å². The van der Waals surface area contributed by atoms with E-state index in [1.165, 1.54) is 19.3 Å². The molecule has 0 heterocycles. The Morgan fingerprint density at radius 2 is 2.06 bits per heavy atom. The van der Waals surface area contributed by atoms with E-state index in [4.69, 9.17) is 0 Å². The van der Waals surface area contributed by atoms with E-state index >= 15 is 0 Å². The molecule has 0 aliphatic heterocycles. The van der Waals surface area contributed by atoms with Crippen LogP contribution in [-0.2, 0) is 0 Å². The number of hydrogen-bond donors (Lipinski definition) is 0. The van der Waals surface area contributed by atoms with Crippen molar-refractivity contribution in [1.82, 2.24) is 4.90 Å². The molecule has 0 amide bonds. The highest BCUT2D eigenvalue weighted by Gasteiger charge is 2.10. The maximum Gasteiger partial charge on any atom is 0.110 e. The van der Waals surface area contributed by atoms with Gasteiger partial charge in [0, 0.05) is 18.0 Å². The van der Waals surface area contributed by atoms with Crippen LogP contribution in [0.1, 0.15) is 53.4 Å². The standard InChI is InChI=1S/C15H28N2/c1-6-8-9-10-12-16-13-17(14(3)4)15(5)11-7-2/h9-10,12,15H,3,6-8,11,13H2,1-2,4-5H3/b10-9+,16-12-. The summed E-state index contributed by atoms with van der Waals surface area (Å²) in [6, 6.07) is 0.522. The predicted octanol–water partition coefficient (Wildman–Crippen LogP) is 4.40. The van der Waals surface area contributed by atoms with E-state index in [9.17, 15) is 0 Å². The third-order valence-electron chi connectivity index (χ3n) is 2.75. The van der Waals surface area contributed by atoms with E-state index in [0.29, 0.717) is 12.7 Å². The van der Waals surface area contributed by atoms with E-state index in [1.807, 2.05) is 12.3 Å². The van der Waals surface area contributed by atoms with Crippen LogP contribution in [0.5, 0.6) is 0 Å². The Kier molecular flexibility index (Phi) is 9.50. The Morgan fingerprint density at radius 3 is 2.59 bits per heavy atom. The number of unbranched alkanes of at least 4 members (excludes halogenated alkanes) is 1. The first-order valence-electron chi connectivity index (χ1n) is 6.70. The van der Waals surface area contributed by atoms with Crippen molar-refractivity contribution in [3.63, 3.8) is 0 Å². The molecule has 0 radical (unpaired) electrons. The minimum atomic E-state index is 0.522. The highest BCUT2D eigenvalue weighted by Crippen LogP contribution is 2.11. The molecule has 0 saturated carbocycles. The molecule has 0 fully saturated rings. The minimum absolute atomic E-state index is 0.522. The molecule has 2 heteroatoms. The van der Waals surface area contributed by atoms with Crippen molar-refractivity contribution in [3.8, 4) is 0 Å². The molecular formula is C15H28N2. The summed E-state index contributed by atoms with van der Waals surface area (Å²) < 4.78 is 0. The number of aliphatic imine (C=N–C) groups is 1. The number of nitrogens with zero attached hydrogens (tertiary/aromatic N) is 2. The van der Waals surface area contributed by atoms with Crippen molar-refractivity contribution in [3.05, 3.63) is 24.4 Å². The molecular weight excluding hydrogens is 208 g/mol. The second-order valence-electron chi connectivity index (χ2n) is 4.53. The van der Waals surface area contributed by atoms with Crippen molar-refractivity contribution in [2.24, 2.45) is 4.99 Å². The summed E-state index contributed by atoms with van der Waals surface area (Å²) in [6.45, 7) is 13.4. The van der Waals surface area contributed by atoms with Crippen molar-refractivity contribution < 1.29 is 0 Å². The lowest BCUT2D eigenvalue weighted by atomic mass is 10.1. The maximum absolute atomic E-state index is 4.42. The van der Waals surface area contributed by atoms with E-state index in [-0.39, 0.29) is 0 Å². The first-order chi connectivity index (χ1) is 8.13. The number of rotatable bonds is 9. The fourth-order valence-corrected chi connectivity index (χ4v) is 1.73. The second-order valence-corrected chi connectivity index (χ2v) is 4.53. The lowest BCUT2D eigenvalue weighted by Gasteiger charge is -2.29. The van der Waals surface area contributed by atoms with Crippen LogP contribution in [0.2, 0.25) is 0 Å². The summed E-state index contributed by atoms with van der Waals surface area (Å²) in [5.74, 6) is 0. The van der Waals surface area contributed by atoms with E-state index in [1.54, 1.807) is 0 Å². The van der Waals surface area contributed by atoms with Gasteiger partial charge in [-0.3, -0.25) is 4.99 Å². The molecule has 0 spiro atoms. The van der Waals surface area contributed by atoms with Gasteiger partial charge >= 0.3 is 0 Å². The third-order valence-corrected chi connectivity index (χ3v) is 2.75. The van der Waals surface area contributed by atoms with Crippen LogP contribution in [0, 0.1) is 0 Å². The molecule has 0 aromatic rings. The molecule has 0 aliphatic rings. The molecule has 0 N–H and O–H groups in total. The second kappa shape index (κ2) is 10.1. The van der Waals surface area contributed by atoms with Crippen LogP contribution in [0.4, 0.5) is 0 Å². The average Bonchev–Trinajstić information content (AvgIpc) is 2.27. The van der Waals surface area contributed by atoms with Crippen LogP contribution >= 0.6 is 0 Å². The fraction of sp³-hybridized carbons (Fsp3) is 0.667. The van der Waals surface area contributed by atoms with Crippen LogP contribution in [0.3, 0.4) is 0 Å². The molecule has 0 aliphatic carbocycles. The average molecular weight is 236 g/mol. The molecule has 0 aromatic heterocycles. The zero-order valence-corrected chi connectivity index (χ0v) is 11.9. The summed E-state index contributed by atoms with van der Waals surface area (Å²) >= 11 is 0. The molecule has 17 heavy (non-hydrogen) atoms. The zero-order valence-electron chi connectivity index (χ0n) is 11.9. The van der Waals surface area contributed by atoms with Crippen LogP contribution < -0.4 is 0 Å². The van der Waals surface area contributed by atoms with Gasteiger partial charge < -0.3 is 4.90 Å². The summed E-state index contributed by atoms with van der Waals surface area (Å²) in [5, 5.41) is 0. The predicted molar refractivity (Wildman–Crippen MR) is 78.4 cm³/mol. The highest BCUT2D eigenvalue weighted by molar-refractivity contribution is 5.70. The number of allylic oxidation sites excluding steroid dienone is 3. The Balaban J connectivity index is 4.13. The smallest absolute Gasteiger partial charge is 0.110 e. The first-order valence-corrected chi connectivity index (χ1v) is 6.70. The van der Waals surface area contributed by atoms with Crippen LogP contribution in [0.25, 0.3) is 0 Å². The van der Waals surface area contributed by atoms with Gasteiger partial charge in [-0.25, -0.2) is 0 Å². The van der Waals surface area contributed by atoms with Crippen molar-refractivity contribution in [2.45, 2.75) is 59.4 Å². The monoisotopic (exact) mass is 236 g/mol. The first kappa shape index (κ1) is 16.0. The Hall–Kier alpha value is -1.05. The Labute approximate surface area is 107 Å². The largest absolute Gasteiger partial charge is 0.354 e. The zero-order chi connectivity index (χ0) is 13.1.